The van der Waals surface area contributed by atoms with E-state index in [2.05, 4.69) is 52.5 Å². The molecule has 0 spiro atoms. The molecule has 0 aliphatic carbocycles. The van der Waals surface area contributed by atoms with E-state index in [1.165, 1.54) is 0 Å². The van der Waals surface area contributed by atoms with Gasteiger partial charge in [0.2, 0.25) is 0 Å². The first-order chi connectivity index (χ1) is 14.8. The molecule has 0 fully saturated rings. The summed E-state index contributed by atoms with van der Waals surface area (Å²) in [7, 11) is 0. The molecule has 3 heterocycles. The smallest absolute Gasteiger partial charge is 0.101 e. The minimum Gasteiger partial charge on any atom is -0.339 e. The van der Waals surface area contributed by atoms with Gasteiger partial charge in [-0.3, -0.25) is 0 Å². The van der Waals surface area contributed by atoms with Crippen LogP contribution in [0.4, 0.5) is 0 Å². The second kappa shape index (κ2) is 6.65. The van der Waals surface area contributed by atoms with Crippen molar-refractivity contribution in [1.82, 2.24) is 9.13 Å². The van der Waals surface area contributed by atoms with E-state index in [-0.39, 0.29) is 0 Å². The van der Waals surface area contributed by atoms with Gasteiger partial charge in [-0.2, -0.15) is 10.5 Å². The SMILES string of the molecule is CC.CC1CCn2c3ccccc3c3c(C#N)c(C#N)c4c5ccccc5n1c4c32. The van der Waals surface area contributed by atoms with E-state index in [0.717, 1.165) is 56.6 Å². The van der Waals surface area contributed by atoms with Crippen molar-refractivity contribution in [2.24, 2.45) is 0 Å². The third-order valence-corrected chi connectivity index (χ3v) is 6.29. The van der Waals surface area contributed by atoms with Crippen LogP contribution < -0.4 is 0 Å². The fourth-order valence-corrected chi connectivity index (χ4v) is 5.16. The molecule has 4 heteroatoms. The van der Waals surface area contributed by atoms with E-state index < -0.39 is 0 Å². The van der Waals surface area contributed by atoms with Gasteiger partial charge in [0.05, 0.1) is 22.2 Å². The summed E-state index contributed by atoms with van der Waals surface area (Å²) in [5, 5.41) is 24.1. The lowest BCUT2D eigenvalue weighted by molar-refractivity contribution is 0.506. The lowest BCUT2D eigenvalue weighted by atomic mass is 9.96. The molecule has 2 aromatic heterocycles. The normalized spacial score (nSPS) is 15.2. The number of benzene rings is 3. The van der Waals surface area contributed by atoms with Crippen LogP contribution in [0.1, 0.15) is 44.4 Å². The highest BCUT2D eigenvalue weighted by Gasteiger charge is 2.29. The number of para-hydroxylation sites is 2. The van der Waals surface area contributed by atoms with E-state index in [0.29, 0.717) is 17.2 Å². The summed E-state index contributed by atoms with van der Waals surface area (Å²) in [6.45, 7) is 7.14. The fraction of sp³-hybridized carbons (Fsp3) is 0.231. The Bertz CT molecular complexity index is 1550. The predicted octanol–water partition coefficient (Wildman–Crippen LogP) is 6.64. The molecule has 0 saturated heterocycles. The maximum Gasteiger partial charge on any atom is 0.101 e. The van der Waals surface area contributed by atoms with E-state index in [1.807, 2.05) is 38.1 Å². The van der Waals surface area contributed by atoms with Crippen LogP contribution >= 0.6 is 0 Å². The molecule has 1 unspecified atom stereocenters. The Morgan fingerprint density at radius 2 is 1.33 bits per heavy atom. The summed E-state index contributed by atoms with van der Waals surface area (Å²) >= 11 is 0. The molecule has 0 bridgehead atoms. The zero-order chi connectivity index (χ0) is 21.0. The van der Waals surface area contributed by atoms with Crippen LogP contribution in [-0.4, -0.2) is 9.13 Å². The van der Waals surface area contributed by atoms with Crippen LogP contribution in [0.5, 0.6) is 0 Å². The van der Waals surface area contributed by atoms with Crippen molar-refractivity contribution in [2.75, 3.05) is 0 Å². The Balaban J connectivity index is 0.000000937. The lowest BCUT2D eigenvalue weighted by Gasteiger charge is -2.14. The zero-order valence-corrected chi connectivity index (χ0v) is 17.4. The summed E-state index contributed by atoms with van der Waals surface area (Å²) in [4.78, 5) is 0. The van der Waals surface area contributed by atoms with E-state index in [1.54, 1.807) is 0 Å². The van der Waals surface area contributed by atoms with Gasteiger partial charge >= 0.3 is 0 Å². The van der Waals surface area contributed by atoms with Gasteiger partial charge in [-0.15, -0.1) is 0 Å². The highest BCUT2D eigenvalue weighted by atomic mass is 15.1. The fourth-order valence-electron chi connectivity index (χ4n) is 5.16. The maximum atomic E-state index is 10.1. The number of rotatable bonds is 0. The van der Waals surface area contributed by atoms with E-state index >= 15 is 0 Å². The molecule has 0 radical (unpaired) electrons. The third kappa shape index (κ3) is 2.09. The molecule has 0 saturated carbocycles. The predicted molar refractivity (Wildman–Crippen MR) is 123 cm³/mol. The monoisotopic (exact) mass is 390 g/mol. The molecule has 3 aromatic carbocycles. The number of nitrogens with zero attached hydrogens (tertiary/aromatic N) is 4. The minimum absolute atomic E-state index is 0.309. The number of nitriles is 2. The van der Waals surface area contributed by atoms with Crippen molar-refractivity contribution in [2.45, 2.75) is 39.8 Å². The number of hydrogen-bond donors (Lipinski definition) is 0. The number of aryl methyl sites for hydroxylation is 1. The second-order valence-electron chi connectivity index (χ2n) is 7.61. The molecule has 1 aliphatic heterocycles. The molecule has 1 atom stereocenters. The highest BCUT2D eigenvalue weighted by Crippen LogP contribution is 2.45. The average Bonchev–Trinajstić information content (AvgIpc) is 3.26. The van der Waals surface area contributed by atoms with Crippen LogP contribution in [0, 0.1) is 22.7 Å². The minimum atomic E-state index is 0.309. The first-order valence-electron chi connectivity index (χ1n) is 10.6. The largest absolute Gasteiger partial charge is 0.339 e. The van der Waals surface area contributed by atoms with Crippen molar-refractivity contribution in [1.29, 1.82) is 10.5 Å². The summed E-state index contributed by atoms with van der Waals surface area (Å²) < 4.78 is 4.74. The number of fused-ring (bicyclic) bond motifs is 6. The first-order valence-corrected chi connectivity index (χ1v) is 10.6. The van der Waals surface area contributed by atoms with E-state index in [4.69, 9.17) is 0 Å². The standard InChI is InChI=1S/C24H16N4.C2H6/c1-14-10-11-27-19-8-4-2-6-15(19)21-17(12-25)18(13-26)22-16-7-3-5-9-20(16)28(14)24(22)23(21)27;1-2/h2-9,14H,10-11H2,1H3;1-2H3. The molecule has 0 N–H and O–H groups in total. The Morgan fingerprint density at radius 1 is 0.800 bits per heavy atom. The van der Waals surface area contributed by atoms with E-state index in [9.17, 15) is 10.5 Å². The lowest BCUT2D eigenvalue weighted by Crippen LogP contribution is -2.05. The molecule has 6 rings (SSSR count). The van der Waals surface area contributed by atoms with Gasteiger partial charge in [0.15, 0.2) is 0 Å². The molecule has 5 aromatic rings. The Labute approximate surface area is 175 Å². The van der Waals surface area contributed by atoms with Crippen molar-refractivity contribution < 1.29 is 0 Å². The topological polar surface area (TPSA) is 57.4 Å². The summed E-state index contributed by atoms with van der Waals surface area (Å²) in [6.07, 6.45) is 1.00. The summed E-state index contributed by atoms with van der Waals surface area (Å²) in [6, 6.07) is 21.6. The molecular weight excluding hydrogens is 368 g/mol. The van der Waals surface area contributed by atoms with Gasteiger partial charge < -0.3 is 9.13 Å². The van der Waals surface area contributed by atoms with Gasteiger partial charge in [-0.25, -0.2) is 0 Å². The van der Waals surface area contributed by atoms with Gasteiger partial charge in [0.1, 0.15) is 12.1 Å². The highest BCUT2D eigenvalue weighted by molar-refractivity contribution is 6.26. The zero-order valence-electron chi connectivity index (χ0n) is 17.4. The average molecular weight is 390 g/mol. The number of hydrogen-bond acceptors (Lipinski definition) is 2. The van der Waals surface area contributed by atoms with Gasteiger partial charge in [-0.1, -0.05) is 50.2 Å². The van der Waals surface area contributed by atoms with Crippen LogP contribution in [0.25, 0.3) is 43.6 Å². The Hall–Kier alpha value is -3.76. The van der Waals surface area contributed by atoms with Crippen molar-refractivity contribution in [3.05, 3.63) is 59.7 Å². The second-order valence-corrected chi connectivity index (χ2v) is 7.61. The molecule has 4 nitrogen and oxygen atoms in total. The van der Waals surface area contributed by atoms with Gasteiger partial charge in [0, 0.05) is 45.2 Å². The summed E-state index contributed by atoms with van der Waals surface area (Å²) in [5.41, 5.74) is 5.45. The number of aromatic nitrogens is 2. The molecular formula is C26H22N4. The maximum absolute atomic E-state index is 10.1. The van der Waals surface area contributed by atoms with Gasteiger partial charge in [0.25, 0.3) is 0 Å². The molecule has 30 heavy (non-hydrogen) atoms. The van der Waals surface area contributed by atoms with Gasteiger partial charge in [-0.05, 0) is 25.5 Å². The molecule has 0 amide bonds. The quantitative estimate of drug-likeness (QED) is 0.298. The molecule has 1 aliphatic rings. The Morgan fingerprint density at radius 3 is 1.97 bits per heavy atom. The van der Waals surface area contributed by atoms with Crippen molar-refractivity contribution >= 4 is 43.6 Å². The van der Waals surface area contributed by atoms with Crippen LogP contribution in [-0.2, 0) is 6.54 Å². The summed E-state index contributed by atoms with van der Waals surface area (Å²) in [5.74, 6) is 0. The van der Waals surface area contributed by atoms with Crippen molar-refractivity contribution in [3.8, 4) is 12.1 Å². The van der Waals surface area contributed by atoms with Crippen molar-refractivity contribution in [3.63, 3.8) is 0 Å². The Kier molecular flexibility index (Phi) is 4.05. The van der Waals surface area contributed by atoms with Crippen LogP contribution in [0.15, 0.2) is 48.5 Å². The first kappa shape index (κ1) is 18.3. The molecule has 146 valence electrons. The third-order valence-electron chi connectivity index (χ3n) is 6.29. The van der Waals surface area contributed by atoms with Crippen LogP contribution in [0.2, 0.25) is 0 Å². The van der Waals surface area contributed by atoms with Crippen LogP contribution in [0.3, 0.4) is 0 Å².